The number of rotatable bonds is 2. The summed E-state index contributed by atoms with van der Waals surface area (Å²) in [6, 6.07) is 0. The van der Waals surface area contributed by atoms with Crippen LogP contribution in [0.3, 0.4) is 0 Å². The Hall–Kier alpha value is -1.53. The highest BCUT2D eigenvalue weighted by molar-refractivity contribution is 7.09. The molecule has 0 saturated carbocycles. The summed E-state index contributed by atoms with van der Waals surface area (Å²) in [5.74, 6) is 0. The summed E-state index contributed by atoms with van der Waals surface area (Å²) in [7, 11) is 0. The third-order valence-corrected chi connectivity index (χ3v) is 3.62. The van der Waals surface area contributed by atoms with Gasteiger partial charge >= 0.3 is 0 Å². The molecule has 3 rings (SSSR count). The molecule has 0 unspecified atom stereocenters. The largest absolute Gasteiger partial charge is 0.311 e. The smallest absolute Gasteiger partial charge is 0.257 e. The van der Waals surface area contributed by atoms with Crippen LogP contribution in [0.4, 0.5) is 0 Å². The van der Waals surface area contributed by atoms with Gasteiger partial charge in [0.2, 0.25) is 0 Å². The van der Waals surface area contributed by atoms with Crippen LogP contribution in [0.5, 0.6) is 0 Å². The van der Waals surface area contributed by atoms with Crippen molar-refractivity contribution >= 4 is 11.3 Å². The molecular weight excluding hydrogens is 236 g/mol. The standard InChI is InChI=1S/C11H12N4OS/c16-11-8-1-2-12-5-9(8)14-7-15(11)6-10-13-3-4-17-10/h3-4,7,12H,1-2,5-6H2. The van der Waals surface area contributed by atoms with Crippen LogP contribution in [0.2, 0.25) is 0 Å². The number of nitrogens with one attached hydrogen (secondary N) is 1. The molecule has 2 aromatic rings. The average Bonchev–Trinajstić information content (AvgIpc) is 2.86. The molecule has 0 fully saturated rings. The molecule has 5 nitrogen and oxygen atoms in total. The van der Waals surface area contributed by atoms with Gasteiger partial charge in [0.05, 0.1) is 18.6 Å². The Balaban J connectivity index is 1.98. The summed E-state index contributed by atoms with van der Waals surface area (Å²) >= 11 is 1.55. The van der Waals surface area contributed by atoms with E-state index in [2.05, 4.69) is 15.3 Å². The minimum absolute atomic E-state index is 0.0756. The van der Waals surface area contributed by atoms with Gasteiger partial charge in [-0.15, -0.1) is 11.3 Å². The molecule has 1 N–H and O–H groups in total. The Labute approximate surface area is 102 Å². The first-order valence-electron chi connectivity index (χ1n) is 5.51. The minimum Gasteiger partial charge on any atom is -0.311 e. The second-order valence-corrected chi connectivity index (χ2v) is 4.93. The van der Waals surface area contributed by atoms with Crippen LogP contribution in [0, 0.1) is 0 Å². The highest BCUT2D eigenvalue weighted by Crippen LogP contribution is 2.08. The van der Waals surface area contributed by atoms with Crippen molar-refractivity contribution < 1.29 is 0 Å². The van der Waals surface area contributed by atoms with Crippen molar-refractivity contribution in [3.8, 4) is 0 Å². The van der Waals surface area contributed by atoms with E-state index >= 15 is 0 Å². The fourth-order valence-electron chi connectivity index (χ4n) is 1.98. The Morgan fingerprint density at radius 2 is 2.41 bits per heavy atom. The summed E-state index contributed by atoms with van der Waals surface area (Å²) in [4.78, 5) is 20.7. The predicted molar refractivity (Wildman–Crippen MR) is 65.1 cm³/mol. The molecule has 0 aromatic carbocycles. The molecule has 0 aliphatic carbocycles. The van der Waals surface area contributed by atoms with Crippen LogP contribution in [0.15, 0.2) is 22.7 Å². The first-order chi connectivity index (χ1) is 8.34. The number of thiazole rings is 1. The Morgan fingerprint density at radius 1 is 1.47 bits per heavy atom. The quantitative estimate of drug-likeness (QED) is 0.835. The monoisotopic (exact) mass is 248 g/mol. The second-order valence-electron chi connectivity index (χ2n) is 3.96. The number of fused-ring (bicyclic) bond motifs is 1. The minimum atomic E-state index is 0.0756. The van der Waals surface area contributed by atoms with Gasteiger partial charge in [0.25, 0.3) is 5.56 Å². The average molecular weight is 248 g/mol. The predicted octanol–water partition coefficient (Wildman–Crippen LogP) is 0.394. The van der Waals surface area contributed by atoms with Crippen molar-refractivity contribution in [1.29, 1.82) is 0 Å². The molecule has 3 heterocycles. The molecule has 88 valence electrons. The lowest BCUT2D eigenvalue weighted by molar-refractivity contribution is 0.596. The van der Waals surface area contributed by atoms with Gasteiger partial charge in [0.1, 0.15) is 5.01 Å². The van der Waals surface area contributed by atoms with E-state index in [0.29, 0.717) is 13.1 Å². The molecule has 2 aromatic heterocycles. The van der Waals surface area contributed by atoms with Gasteiger partial charge in [-0.3, -0.25) is 9.36 Å². The zero-order chi connectivity index (χ0) is 11.7. The Kier molecular flexibility index (Phi) is 2.74. The second kappa shape index (κ2) is 4.38. The maximum atomic E-state index is 12.2. The van der Waals surface area contributed by atoms with E-state index in [-0.39, 0.29) is 5.56 Å². The lowest BCUT2D eigenvalue weighted by atomic mass is 10.1. The van der Waals surface area contributed by atoms with E-state index in [1.165, 1.54) is 0 Å². The maximum Gasteiger partial charge on any atom is 0.257 e. The molecule has 1 aliphatic rings. The van der Waals surface area contributed by atoms with E-state index in [4.69, 9.17) is 0 Å². The zero-order valence-electron chi connectivity index (χ0n) is 9.22. The van der Waals surface area contributed by atoms with E-state index in [9.17, 15) is 4.79 Å². The fourth-order valence-corrected chi connectivity index (χ4v) is 2.59. The van der Waals surface area contributed by atoms with E-state index < -0.39 is 0 Å². The number of hydrogen-bond donors (Lipinski definition) is 1. The Bertz CT molecular complexity index is 576. The van der Waals surface area contributed by atoms with Crippen molar-refractivity contribution in [2.75, 3.05) is 6.54 Å². The van der Waals surface area contributed by atoms with Crippen LogP contribution in [-0.4, -0.2) is 21.1 Å². The summed E-state index contributed by atoms with van der Waals surface area (Å²) in [6.07, 6.45) is 4.14. The lowest BCUT2D eigenvalue weighted by Gasteiger charge is -2.16. The highest BCUT2D eigenvalue weighted by Gasteiger charge is 2.15. The lowest BCUT2D eigenvalue weighted by Crippen LogP contribution is -2.34. The zero-order valence-corrected chi connectivity index (χ0v) is 10.0. The summed E-state index contributed by atoms with van der Waals surface area (Å²) in [5.41, 5.74) is 1.81. The van der Waals surface area contributed by atoms with Crippen molar-refractivity contribution in [2.45, 2.75) is 19.5 Å². The van der Waals surface area contributed by atoms with Crippen LogP contribution < -0.4 is 10.9 Å². The van der Waals surface area contributed by atoms with Gasteiger partial charge in [0.15, 0.2) is 0 Å². The highest BCUT2D eigenvalue weighted by atomic mass is 32.1. The van der Waals surface area contributed by atoms with Gasteiger partial charge in [-0.05, 0) is 13.0 Å². The molecule has 1 aliphatic heterocycles. The maximum absolute atomic E-state index is 12.2. The fraction of sp³-hybridized carbons (Fsp3) is 0.364. The summed E-state index contributed by atoms with van der Waals surface area (Å²) < 4.78 is 1.64. The van der Waals surface area contributed by atoms with Crippen molar-refractivity contribution in [2.24, 2.45) is 0 Å². The van der Waals surface area contributed by atoms with Crippen LogP contribution >= 0.6 is 11.3 Å². The molecule has 17 heavy (non-hydrogen) atoms. The molecule has 6 heteroatoms. The van der Waals surface area contributed by atoms with Gasteiger partial charge in [-0.1, -0.05) is 0 Å². The summed E-state index contributed by atoms with van der Waals surface area (Å²) in [6.45, 7) is 2.07. The molecular formula is C11H12N4OS. The van der Waals surface area contributed by atoms with Crippen molar-refractivity contribution in [3.05, 3.63) is 44.5 Å². The van der Waals surface area contributed by atoms with Gasteiger partial charge < -0.3 is 5.32 Å². The van der Waals surface area contributed by atoms with Crippen LogP contribution in [0.1, 0.15) is 16.3 Å². The van der Waals surface area contributed by atoms with E-state index in [1.54, 1.807) is 28.4 Å². The van der Waals surface area contributed by atoms with E-state index in [0.717, 1.165) is 29.2 Å². The van der Waals surface area contributed by atoms with Crippen molar-refractivity contribution in [1.82, 2.24) is 19.9 Å². The van der Waals surface area contributed by atoms with Crippen molar-refractivity contribution in [3.63, 3.8) is 0 Å². The normalized spacial score (nSPS) is 14.6. The number of nitrogens with zero attached hydrogens (tertiary/aromatic N) is 3. The number of hydrogen-bond acceptors (Lipinski definition) is 5. The summed E-state index contributed by atoms with van der Waals surface area (Å²) in [5, 5.41) is 6.06. The molecule has 0 radical (unpaired) electrons. The van der Waals surface area contributed by atoms with Gasteiger partial charge in [-0.25, -0.2) is 9.97 Å². The number of aromatic nitrogens is 3. The topological polar surface area (TPSA) is 59.8 Å². The van der Waals surface area contributed by atoms with Crippen LogP contribution in [-0.2, 0) is 19.5 Å². The third-order valence-electron chi connectivity index (χ3n) is 2.85. The third kappa shape index (κ3) is 2.01. The molecule has 0 saturated heterocycles. The van der Waals surface area contributed by atoms with Crippen LogP contribution in [0.25, 0.3) is 0 Å². The molecule has 0 amide bonds. The van der Waals surface area contributed by atoms with Gasteiger partial charge in [-0.2, -0.15) is 0 Å². The van der Waals surface area contributed by atoms with Gasteiger partial charge in [0, 0.05) is 23.7 Å². The molecule has 0 bridgehead atoms. The first kappa shape index (κ1) is 10.6. The SMILES string of the molecule is O=c1c2c(ncn1Cc1nccs1)CNCC2. The molecule has 0 spiro atoms. The first-order valence-corrected chi connectivity index (χ1v) is 6.39. The molecule has 0 atom stereocenters. The van der Waals surface area contributed by atoms with E-state index in [1.807, 2.05) is 5.38 Å². The Morgan fingerprint density at radius 3 is 3.24 bits per heavy atom.